The molecule has 0 aliphatic carbocycles. The molecule has 0 aliphatic heterocycles. The van der Waals surface area contributed by atoms with Crippen molar-refractivity contribution in [2.24, 2.45) is 0 Å². The van der Waals surface area contributed by atoms with Gasteiger partial charge in [0.05, 0.1) is 16.4 Å². The summed E-state index contributed by atoms with van der Waals surface area (Å²) in [5.41, 5.74) is -1.28. The van der Waals surface area contributed by atoms with Crippen molar-refractivity contribution in [2.45, 2.75) is 32.4 Å². The molecule has 0 spiro atoms. The molecular formula is C20H19ClF3NO5. The molecule has 0 aliphatic rings. The SMILES string of the molecule is CCCCc1cc(C(F)(F)F)ccc1Oc1ccc([N+](=O)[O-])c(C(=O)OCCCl)c1. The second kappa shape index (κ2) is 10.3. The van der Waals surface area contributed by atoms with Gasteiger partial charge in [-0.3, -0.25) is 10.1 Å². The van der Waals surface area contributed by atoms with E-state index in [0.717, 1.165) is 30.7 Å². The second-order valence-corrected chi connectivity index (χ2v) is 6.66. The van der Waals surface area contributed by atoms with E-state index in [9.17, 15) is 28.1 Å². The molecule has 30 heavy (non-hydrogen) atoms. The van der Waals surface area contributed by atoms with E-state index in [0.29, 0.717) is 18.4 Å². The van der Waals surface area contributed by atoms with Crippen LogP contribution in [0.5, 0.6) is 11.5 Å². The highest BCUT2D eigenvalue weighted by molar-refractivity contribution is 6.18. The van der Waals surface area contributed by atoms with Crippen LogP contribution in [0.1, 0.15) is 41.3 Å². The van der Waals surface area contributed by atoms with Crippen LogP contribution in [0.4, 0.5) is 18.9 Å². The number of rotatable bonds is 9. The van der Waals surface area contributed by atoms with Crippen molar-refractivity contribution in [3.8, 4) is 11.5 Å². The number of benzene rings is 2. The normalized spacial score (nSPS) is 11.2. The standard InChI is InChI=1S/C20H19ClF3NO5/c1-2-3-4-13-11-14(20(22,23)24)5-8-18(13)30-15-6-7-17(25(27)28)16(12-15)19(26)29-10-9-21/h5-8,11-12H,2-4,9-10H2,1H3. The Kier molecular flexibility index (Phi) is 8.05. The third kappa shape index (κ3) is 6.09. The van der Waals surface area contributed by atoms with Crippen LogP contribution in [0.25, 0.3) is 0 Å². The minimum atomic E-state index is -4.49. The monoisotopic (exact) mass is 445 g/mol. The number of nitrogens with zero attached hydrogens (tertiary/aromatic N) is 1. The van der Waals surface area contributed by atoms with Gasteiger partial charge in [0, 0.05) is 12.1 Å². The number of nitro benzene ring substituents is 1. The van der Waals surface area contributed by atoms with Crippen LogP contribution in [-0.4, -0.2) is 23.4 Å². The first-order valence-electron chi connectivity index (χ1n) is 9.06. The first kappa shape index (κ1) is 23.5. The number of nitro groups is 1. The van der Waals surface area contributed by atoms with E-state index in [1.165, 1.54) is 12.1 Å². The van der Waals surface area contributed by atoms with Crippen LogP contribution in [0, 0.1) is 10.1 Å². The molecule has 0 amide bonds. The minimum Gasteiger partial charge on any atom is -0.461 e. The van der Waals surface area contributed by atoms with E-state index in [1.807, 2.05) is 6.92 Å². The smallest absolute Gasteiger partial charge is 0.416 e. The van der Waals surface area contributed by atoms with Gasteiger partial charge in [-0.2, -0.15) is 13.2 Å². The van der Waals surface area contributed by atoms with Gasteiger partial charge in [-0.05, 0) is 42.7 Å². The molecule has 0 aromatic heterocycles. The van der Waals surface area contributed by atoms with Gasteiger partial charge in [0.25, 0.3) is 5.69 Å². The van der Waals surface area contributed by atoms with E-state index in [1.54, 1.807) is 0 Å². The Bertz CT molecular complexity index is 918. The zero-order chi connectivity index (χ0) is 22.3. The highest BCUT2D eigenvalue weighted by atomic mass is 35.5. The largest absolute Gasteiger partial charge is 0.461 e. The fourth-order valence-electron chi connectivity index (χ4n) is 2.66. The molecule has 162 valence electrons. The molecule has 0 radical (unpaired) electrons. The number of hydrogen-bond donors (Lipinski definition) is 0. The average molecular weight is 446 g/mol. The van der Waals surface area contributed by atoms with Crippen LogP contribution in [-0.2, 0) is 17.3 Å². The summed E-state index contributed by atoms with van der Waals surface area (Å²) in [4.78, 5) is 22.6. The number of carbonyl (C=O) groups is 1. The molecule has 2 aromatic carbocycles. The lowest BCUT2D eigenvalue weighted by Gasteiger charge is -2.15. The molecule has 0 bridgehead atoms. The van der Waals surface area contributed by atoms with Crippen LogP contribution in [0.15, 0.2) is 36.4 Å². The summed E-state index contributed by atoms with van der Waals surface area (Å²) in [5.74, 6) is -0.713. The van der Waals surface area contributed by atoms with Gasteiger partial charge >= 0.3 is 12.1 Å². The highest BCUT2D eigenvalue weighted by Gasteiger charge is 2.31. The quantitative estimate of drug-likeness (QED) is 0.200. The Balaban J connectivity index is 2.41. The Labute approximate surface area is 175 Å². The lowest BCUT2D eigenvalue weighted by atomic mass is 10.0. The molecule has 0 saturated carbocycles. The summed E-state index contributed by atoms with van der Waals surface area (Å²) in [5, 5.41) is 11.2. The Hall–Kier alpha value is -2.81. The van der Waals surface area contributed by atoms with Gasteiger partial charge in [0.15, 0.2) is 0 Å². The molecular weight excluding hydrogens is 427 g/mol. The van der Waals surface area contributed by atoms with Crippen molar-refractivity contribution in [3.05, 3.63) is 63.2 Å². The van der Waals surface area contributed by atoms with Crippen LogP contribution in [0.2, 0.25) is 0 Å². The van der Waals surface area contributed by atoms with Crippen LogP contribution < -0.4 is 4.74 Å². The van der Waals surface area contributed by atoms with E-state index >= 15 is 0 Å². The first-order valence-corrected chi connectivity index (χ1v) is 9.60. The van der Waals surface area contributed by atoms with Crippen molar-refractivity contribution in [3.63, 3.8) is 0 Å². The number of esters is 1. The number of aryl methyl sites for hydroxylation is 1. The van der Waals surface area contributed by atoms with Crippen molar-refractivity contribution in [1.82, 2.24) is 0 Å². The summed E-state index contributed by atoms with van der Waals surface area (Å²) in [7, 11) is 0. The van der Waals surface area contributed by atoms with Gasteiger partial charge in [-0.25, -0.2) is 4.79 Å². The number of unbranched alkanes of at least 4 members (excludes halogenated alkanes) is 1. The van der Waals surface area contributed by atoms with Crippen molar-refractivity contribution in [2.75, 3.05) is 12.5 Å². The first-order chi connectivity index (χ1) is 14.2. The summed E-state index contributed by atoms with van der Waals surface area (Å²) >= 11 is 5.46. The van der Waals surface area contributed by atoms with Gasteiger partial charge in [0.2, 0.25) is 0 Å². The lowest BCUT2D eigenvalue weighted by molar-refractivity contribution is -0.385. The molecule has 2 rings (SSSR count). The Morgan fingerprint density at radius 1 is 1.20 bits per heavy atom. The van der Waals surface area contributed by atoms with Crippen molar-refractivity contribution >= 4 is 23.3 Å². The van der Waals surface area contributed by atoms with Gasteiger partial charge in [-0.1, -0.05) is 13.3 Å². The third-order valence-corrected chi connectivity index (χ3v) is 4.26. The maximum absolute atomic E-state index is 13.0. The lowest BCUT2D eigenvalue weighted by Crippen LogP contribution is -2.10. The van der Waals surface area contributed by atoms with E-state index in [4.69, 9.17) is 21.1 Å². The Morgan fingerprint density at radius 3 is 2.53 bits per heavy atom. The average Bonchev–Trinajstić information content (AvgIpc) is 2.70. The molecule has 0 heterocycles. The molecule has 0 N–H and O–H groups in total. The number of carbonyl (C=O) groups excluding carboxylic acids is 1. The molecule has 2 aromatic rings. The van der Waals surface area contributed by atoms with Crippen molar-refractivity contribution < 1.29 is 32.4 Å². The van der Waals surface area contributed by atoms with Crippen molar-refractivity contribution in [1.29, 1.82) is 0 Å². The van der Waals surface area contributed by atoms with Gasteiger partial charge in [-0.15, -0.1) is 11.6 Å². The fraction of sp³-hybridized carbons (Fsp3) is 0.350. The molecule has 0 atom stereocenters. The maximum atomic E-state index is 13.0. The summed E-state index contributed by atoms with van der Waals surface area (Å²) in [6.07, 6.45) is -2.72. The van der Waals surface area contributed by atoms with Gasteiger partial charge < -0.3 is 9.47 Å². The molecule has 0 fully saturated rings. The second-order valence-electron chi connectivity index (χ2n) is 6.29. The van der Waals surface area contributed by atoms with Crippen LogP contribution >= 0.6 is 11.6 Å². The number of hydrogen-bond acceptors (Lipinski definition) is 5. The van der Waals surface area contributed by atoms with Crippen LogP contribution in [0.3, 0.4) is 0 Å². The van der Waals surface area contributed by atoms with Gasteiger partial charge in [0.1, 0.15) is 23.7 Å². The molecule has 0 unspecified atom stereocenters. The number of ether oxygens (including phenoxy) is 2. The highest BCUT2D eigenvalue weighted by Crippen LogP contribution is 2.35. The third-order valence-electron chi connectivity index (χ3n) is 4.11. The topological polar surface area (TPSA) is 78.7 Å². The predicted molar refractivity (Wildman–Crippen MR) is 104 cm³/mol. The summed E-state index contributed by atoms with van der Waals surface area (Å²) < 4.78 is 49.7. The molecule has 10 heteroatoms. The fourth-order valence-corrected chi connectivity index (χ4v) is 2.73. The predicted octanol–water partition coefficient (Wildman–Crippen LogP) is 6.14. The summed E-state index contributed by atoms with van der Waals surface area (Å²) in [6.45, 7) is 1.77. The number of alkyl halides is 4. The Morgan fingerprint density at radius 2 is 1.93 bits per heavy atom. The summed E-state index contributed by atoms with van der Waals surface area (Å²) in [6, 6.07) is 6.56. The zero-order valence-electron chi connectivity index (χ0n) is 16.0. The molecule has 0 saturated heterocycles. The number of halogens is 4. The maximum Gasteiger partial charge on any atom is 0.416 e. The van der Waals surface area contributed by atoms with E-state index in [2.05, 4.69) is 0 Å². The van der Waals surface area contributed by atoms with E-state index in [-0.39, 0.29) is 29.5 Å². The zero-order valence-corrected chi connectivity index (χ0v) is 16.8. The van der Waals surface area contributed by atoms with E-state index < -0.39 is 28.3 Å². The minimum absolute atomic E-state index is 0.0159. The molecule has 6 nitrogen and oxygen atoms in total.